The lowest BCUT2D eigenvalue weighted by atomic mass is 10.1. The van der Waals surface area contributed by atoms with Gasteiger partial charge in [-0.2, -0.15) is 5.10 Å². The number of rotatable bonds is 4. The Kier molecular flexibility index (Phi) is 4.26. The van der Waals surface area contributed by atoms with E-state index in [0.717, 1.165) is 25.9 Å². The molecule has 1 saturated heterocycles. The molecular weight excluding hydrogens is 338 g/mol. The summed E-state index contributed by atoms with van der Waals surface area (Å²) in [5, 5.41) is 4.63. The van der Waals surface area contributed by atoms with Crippen LogP contribution in [0.25, 0.3) is 0 Å². The Morgan fingerprint density at radius 3 is 2.58 bits per heavy atom. The molecule has 1 fully saturated rings. The molecule has 2 aromatic rings. The van der Waals surface area contributed by atoms with Crippen LogP contribution in [0.5, 0.6) is 0 Å². The van der Waals surface area contributed by atoms with Gasteiger partial charge in [-0.3, -0.25) is 14.3 Å². The number of carbonyl (C=O) groups excluding carboxylic acids is 3. The predicted octanol–water partition coefficient (Wildman–Crippen LogP) is 1.82. The molecule has 1 aromatic carbocycles. The third-order valence-corrected chi connectivity index (χ3v) is 4.46. The molecule has 0 bridgehead atoms. The second-order valence-corrected chi connectivity index (χ2v) is 6.27. The summed E-state index contributed by atoms with van der Waals surface area (Å²) in [6, 6.07) is 6.33. The molecule has 26 heavy (non-hydrogen) atoms. The van der Waals surface area contributed by atoms with Gasteiger partial charge in [-0.05, 0) is 31.4 Å². The van der Waals surface area contributed by atoms with Crippen LogP contribution in [0.4, 0.5) is 0 Å². The molecular formula is C18H17N3O5. The summed E-state index contributed by atoms with van der Waals surface area (Å²) in [7, 11) is 0. The van der Waals surface area contributed by atoms with Crippen molar-refractivity contribution in [2.24, 2.45) is 0 Å². The van der Waals surface area contributed by atoms with E-state index >= 15 is 0 Å². The van der Waals surface area contributed by atoms with Gasteiger partial charge >= 0.3 is 5.97 Å². The van der Waals surface area contributed by atoms with Gasteiger partial charge in [0.2, 0.25) is 0 Å². The van der Waals surface area contributed by atoms with Crippen molar-refractivity contribution < 1.29 is 24.0 Å². The first-order valence-electron chi connectivity index (χ1n) is 8.47. The largest absolute Gasteiger partial charge is 0.376 e. The molecule has 2 aliphatic rings. The number of ether oxygens (including phenoxy) is 1. The Balaban J connectivity index is 1.43. The lowest BCUT2D eigenvalue weighted by molar-refractivity contribution is -0.0584. The number of carbonyl (C=O) groups is 3. The van der Waals surface area contributed by atoms with E-state index in [0.29, 0.717) is 11.6 Å². The summed E-state index contributed by atoms with van der Waals surface area (Å²) in [4.78, 5) is 41.8. The number of imide groups is 1. The SMILES string of the molecule is O=C(ON1C(=O)c2ccccc2C1=O)c1cnn(CC2CCCCO2)c1. The monoisotopic (exact) mass is 355 g/mol. The van der Waals surface area contributed by atoms with Gasteiger partial charge in [0.25, 0.3) is 11.8 Å². The Hall–Kier alpha value is -3.00. The lowest BCUT2D eigenvalue weighted by Gasteiger charge is -2.22. The summed E-state index contributed by atoms with van der Waals surface area (Å²) in [6.45, 7) is 1.28. The fourth-order valence-electron chi connectivity index (χ4n) is 3.11. The quantitative estimate of drug-likeness (QED) is 0.777. The highest BCUT2D eigenvalue weighted by Crippen LogP contribution is 2.23. The highest BCUT2D eigenvalue weighted by atomic mass is 16.7. The van der Waals surface area contributed by atoms with Crippen molar-refractivity contribution in [2.75, 3.05) is 6.61 Å². The van der Waals surface area contributed by atoms with E-state index in [9.17, 15) is 14.4 Å². The van der Waals surface area contributed by atoms with Gasteiger partial charge < -0.3 is 9.57 Å². The molecule has 8 nitrogen and oxygen atoms in total. The number of aromatic nitrogens is 2. The summed E-state index contributed by atoms with van der Waals surface area (Å²) < 4.78 is 7.25. The first-order valence-corrected chi connectivity index (χ1v) is 8.47. The number of benzene rings is 1. The average molecular weight is 355 g/mol. The molecule has 0 aliphatic carbocycles. The first kappa shape index (κ1) is 16.5. The van der Waals surface area contributed by atoms with E-state index in [-0.39, 0.29) is 22.8 Å². The van der Waals surface area contributed by atoms with Crippen molar-refractivity contribution in [1.82, 2.24) is 14.8 Å². The minimum atomic E-state index is -0.810. The second-order valence-electron chi connectivity index (χ2n) is 6.27. The molecule has 0 N–H and O–H groups in total. The first-order chi connectivity index (χ1) is 12.6. The van der Waals surface area contributed by atoms with E-state index in [1.54, 1.807) is 16.8 Å². The minimum Gasteiger partial charge on any atom is -0.376 e. The van der Waals surface area contributed by atoms with Crippen molar-refractivity contribution in [3.05, 3.63) is 53.3 Å². The van der Waals surface area contributed by atoms with Crippen LogP contribution in [-0.2, 0) is 16.1 Å². The fraction of sp³-hybridized carbons (Fsp3) is 0.333. The highest BCUT2D eigenvalue weighted by molar-refractivity contribution is 6.21. The molecule has 2 aliphatic heterocycles. The normalized spacial score (nSPS) is 19.5. The van der Waals surface area contributed by atoms with E-state index in [1.807, 2.05) is 0 Å². The molecule has 0 saturated carbocycles. The molecule has 0 spiro atoms. The standard InChI is InChI=1S/C18H17N3O5/c22-16-14-6-1-2-7-15(14)17(23)21(16)26-18(24)12-9-19-20(10-12)11-13-5-3-4-8-25-13/h1-2,6-7,9-10,13H,3-5,8,11H2. The smallest absolute Gasteiger partial charge is 0.367 e. The minimum absolute atomic E-state index is 0.0729. The number of amides is 2. The molecule has 4 rings (SSSR count). The van der Waals surface area contributed by atoms with Gasteiger partial charge in [0, 0.05) is 12.8 Å². The summed E-state index contributed by atoms with van der Waals surface area (Å²) in [5.41, 5.74) is 0.600. The number of hydrogen-bond acceptors (Lipinski definition) is 6. The van der Waals surface area contributed by atoms with Crippen molar-refractivity contribution in [2.45, 2.75) is 31.9 Å². The summed E-state index contributed by atoms with van der Waals surface area (Å²) >= 11 is 0. The molecule has 3 heterocycles. The van der Waals surface area contributed by atoms with Crippen LogP contribution in [0.3, 0.4) is 0 Å². The van der Waals surface area contributed by atoms with Crippen LogP contribution in [0.2, 0.25) is 0 Å². The van der Waals surface area contributed by atoms with Gasteiger partial charge in [-0.25, -0.2) is 4.79 Å². The third kappa shape index (κ3) is 2.99. The van der Waals surface area contributed by atoms with Gasteiger partial charge in [-0.15, -0.1) is 0 Å². The molecule has 1 unspecified atom stereocenters. The Bertz CT molecular complexity index is 834. The van der Waals surface area contributed by atoms with E-state index < -0.39 is 17.8 Å². The van der Waals surface area contributed by atoms with Crippen LogP contribution in [0.1, 0.15) is 50.3 Å². The van der Waals surface area contributed by atoms with Crippen LogP contribution in [0.15, 0.2) is 36.7 Å². The van der Waals surface area contributed by atoms with Gasteiger partial charge in [0.05, 0.1) is 35.5 Å². The topological polar surface area (TPSA) is 90.7 Å². The zero-order valence-corrected chi connectivity index (χ0v) is 14.0. The molecule has 1 atom stereocenters. The molecule has 1 aromatic heterocycles. The number of nitrogens with zero attached hydrogens (tertiary/aromatic N) is 3. The fourth-order valence-corrected chi connectivity index (χ4v) is 3.11. The third-order valence-electron chi connectivity index (χ3n) is 4.46. The maximum atomic E-state index is 12.3. The average Bonchev–Trinajstić information content (AvgIpc) is 3.22. The zero-order chi connectivity index (χ0) is 18.1. The van der Waals surface area contributed by atoms with Gasteiger partial charge in [-0.1, -0.05) is 17.2 Å². The summed E-state index contributed by atoms with van der Waals surface area (Å²) in [6.07, 6.45) is 6.08. The van der Waals surface area contributed by atoms with Gasteiger partial charge in [0.15, 0.2) is 0 Å². The zero-order valence-electron chi connectivity index (χ0n) is 14.0. The van der Waals surface area contributed by atoms with Gasteiger partial charge in [0.1, 0.15) is 0 Å². The van der Waals surface area contributed by atoms with Crippen LogP contribution in [0, 0.1) is 0 Å². The Morgan fingerprint density at radius 1 is 1.19 bits per heavy atom. The van der Waals surface area contributed by atoms with Crippen molar-refractivity contribution in [3.63, 3.8) is 0 Å². The maximum Gasteiger partial charge on any atom is 0.367 e. The van der Waals surface area contributed by atoms with E-state index in [2.05, 4.69) is 5.10 Å². The van der Waals surface area contributed by atoms with Crippen LogP contribution < -0.4 is 0 Å². The Morgan fingerprint density at radius 2 is 1.92 bits per heavy atom. The number of hydroxylamine groups is 2. The van der Waals surface area contributed by atoms with Crippen molar-refractivity contribution in [1.29, 1.82) is 0 Å². The van der Waals surface area contributed by atoms with E-state index in [1.165, 1.54) is 24.5 Å². The molecule has 8 heteroatoms. The van der Waals surface area contributed by atoms with Crippen molar-refractivity contribution >= 4 is 17.8 Å². The number of hydrogen-bond donors (Lipinski definition) is 0. The molecule has 0 radical (unpaired) electrons. The molecule has 2 amide bonds. The summed E-state index contributed by atoms with van der Waals surface area (Å²) in [5.74, 6) is -2.11. The van der Waals surface area contributed by atoms with Crippen LogP contribution in [-0.4, -0.2) is 45.3 Å². The van der Waals surface area contributed by atoms with Crippen molar-refractivity contribution in [3.8, 4) is 0 Å². The highest BCUT2D eigenvalue weighted by Gasteiger charge is 2.38. The van der Waals surface area contributed by atoms with Crippen LogP contribution >= 0.6 is 0 Å². The maximum absolute atomic E-state index is 12.3. The lowest BCUT2D eigenvalue weighted by Crippen LogP contribution is -2.32. The van der Waals surface area contributed by atoms with E-state index in [4.69, 9.17) is 9.57 Å². The second kappa shape index (κ2) is 6.72. The number of fused-ring (bicyclic) bond motifs is 1. The predicted molar refractivity (Wildman–Crippen MR) is 88.2 cm³/mol. The molecule has 134 valence electrons. The Labute approximate surface area is 149 Å².